The lowest BCUT2D eigenvalue weighted by atomic mass is 10.1. The molecule has 10 heavy (non-hydrogen) atoms. The monoisotopic (exact) mass is 136 g/mol. The van der Waals surface area contributed by atoms with Gasteiger partial charge in [0.05, 0.1) is 0 Å². The van der Waals surface area contributed by atoms with E-state index in [1.165, 1.54) is 0 Å². The molecule has 0 radical (unpaired) electrons. The molecule has 2 nitrogen and oxygen atoms in total. The average Bonchev–Trinajstić information content (AvgIpc) is 2.34. The second kappa shape index (κ2) is 2.60. The lowest BCUT2D eigenvalue weighted by Crippen LogP contribution is -2.02. The molecule has 1 rings (SSSR count). The molecule has 0 N–H and O–H groups in total. The number of rotatable bonds is 2. The van der Waals surface area contributed by atoms with E-state index in [0.29, 0.717) is 18.3 Å². The molecule has 1 aliphatic rings. The molecule has 0 unspecified atom stereocenters. The van der Waals surface area contributed by atoms with Crippen LogP contribution in [-0.4, -0.2) is 12.1 Å². The van der Waals surface area contributed by atoms with Crippen LogP contribution in [0.4, 0.5) is 0 Å². The topological polar surface area (TPSA) is 34.1 Å². The van der Waals surface area contributed by atoms with Crippen LogP contribution in [-0.2, 0) is 9.59 Å². The molecule has 0 saturated carbocycles. The van der Waals surface area contributed by atoms with Gasteiger partial charge in [0, 0.05) is 5.57 Å². The summed E-state index contributed by atoms with van der Waals surface area (Å²) in [6, 6.07) is 0. The number of carbonyl (C=O) groups is 2. The Hall–Kier alpha value is -1.18. The molecule has 0 saturated heterocycles. The van der Waals surface area contributed by atoms with Crippen LogP contribution in [0.15, 0.2) is 23.3 Å². The Morgan fingerprint density at radius 2 is 2.40 bits per heavy atom. The minimum atomic E-state index is -0.387. The van der Waals surface area contributed by atoms with Gasteiger partial charge in [0.1, 0.15) is 0 Å². The number of carbonyl (C=O) groups excluding carboxylic acids is 2. The average molecular weight is 136 g/mol. The summed E-state index contributed by atoms with van der Waals surface area (Å²) in [4.78, 5) is 20.8. The molecule has 0 atom stereocenters. The molecule has 52 valence electrons. The first-order chi connectivity index (χ1) is 4.75. The number of ketones is 1. The van der Waals surface area contributed by atoms with Crippen molar-refractivity contribution in [1.82, 2.24) is 0 Å². The summed E-state index contributed by atoms with van der Waals surface area (Å²) in [6.45, 7) is 1.83. The van der Waals surface area contributed by atoms with Crippen molar-refractivity contribution in [2.45, 2.75) is 13.3 Å². The second-order valence-corrected chi connectivity index (χ2v) is 2.25. The zero-order valence-electron chi connectivity index (χ0n) is 5.76. The summed E-state index contributed by atoms with van der Waals surface area (Å²) in [6.07, 6.45) is 4.72. The van der Waals surface area contributed by atoms with E-state index in [1.54, 1.807) is 0 Å². The highest BCUT2D eigenvalue weighted by atomic mass is 16.2. The van der Waals surface area contributed by atoms with Crippen molar-refractivity contribution < 1.29 is 9.59 Å². The van der Waals surface area contributed by atoms with E-state index in [1.807, 2.05) is 19.1 Å². The Labute approximate surface area is 59.2 Å². The molecule has 2 heteroatoms. The molecule has 0 aromatic carbocycles. The zero-order chi connectivity index (χ0) is 7.56. The fourth-order valence-electron chi connectivity index (χ4n) is 0.981. The molecular formula is C8H8O2. The van der Waals surface area contributed by atoms with E-state index in [4.69, 9.17) is 0 Å². The molecule has 0 aliphatic heterocycles. The summed E-state index contributed by atoms with van der Waals surface area (Å²) in [5.74, 6) is -0.387. The quantitative estimate of drug-likeness (QED) is 0.419. The van der Waals surface area contributed by atoms with Gasteiger partial charge in [-0.05, 0) is 18.9 Å². The summed E-state index contributed by atoms with van der Waals surface area (Å²) in [7, 11) is 0. The van der Waals surface area contributed by atoms with Crippen molar-refractivity contribution in [2.75, 3.05) is 0 Å². The molecule has 0 heterocycles. The van der Waals surface area contributed by atoms with E-state index in [9.17, 15) is 9.59 Å². The predicted molar refractivity (Wildman–Crippen MR) is 37.5 cm³/mol. The first kappa shape index (κ1) is 6.93. The van der Waals surface area contributed by atoms with Crippen LogP contribution in [0.3, 0.4) is 0 Å². The van der Waals surface area contributed by atoms with Gasteiger partial charge in [-0.25, -0.2) is 0 Å². The smallest absolute Gasteiger partial charge is 0.221 e. The van der Waals surface area contributed by atoms with Gasteiger partial charge in [0.25, 0.3) is 0 Å². The van der Waals surface area contributed by atoms with Crippen LogP contribution in [0.1, 0.15) is 13.3 Å². The maximum atomic E-state index is 10.8. The van der Waals surface area contributed by atoms with Gasteiger partial charge in [-0.2, -0.15) is 0 Å². The highest BCUT2D eigenvalue weighted by molar-refractivity contribution is 6.33. The minimum Gasteiger partial charge on any atom is -0.294 e. The lowest BCUT2D eigenvalue weighted by Gasteiger charge is -1.93. The Kier molecular flexibility index (Phi) is 1.81. The van der Waals surface area contributed by atoms with Crippen LogP contribution in [0, 0.1) is 0 Å². The zero-order valence-corrected chi connectivity index (χ0v) is 5.76. The van der Waals surface area contributed by atoms with Crippen LogP contribution in [0.25, 0.3) is 0 Å². The molecule has 0 spiro atoms. The molecular weight excluding hydrogens is 128 g/mol. The summed E-state index contributed by atoms with van der Waals surface area (Å²) in [5, 5.41) is 0. The highest BCUT2D eigenvalue weighted by Crippen LogP contribution is 2.17. The van der Waals surface area contributed by atoms with Crippen molar-refractivity contribution >= 4 is 12.1 Å². The highest BCUT2D eigenvalue weighted by Gasteiger charge is 2.12. The van der Waals surface area contributed by atoms with Crippen molar-refractivity contribution in [3.63, 3.8) is 0 Å². The third kappa shape index (κ3) is 1.05. The fourth-order valence-corrected chi connectivity index (χ4v) is 0.981. The van der Waals surface area contributed by atoms with Crippen molar-refractivity contribution in [3.8, 4) is 0 Å². The van der Waals surface area contributed by atoms with E-state index < -0.39 is 0 Å². The summed E-state index contributed by atoms with van der Waals surface area (Å²) >= 11 is 0. The number of aldehydes is 1. The molecule has 1 aliphatic carbocycles. The Morgan fingerprint density at radius 3 is 2.80 bits per heavy atom. The second-order valence-electron chi connectivity index (χ2n) is 2.25. The van der Waals surface area contributed by atoms with Gasteiger partial charge in [0.15, 0.2) is 6.29 Å². The third-order valence-corrected chi connectivity index (χ3v) is 1.57. The Morgan fingerprint density at radius 1 is 1.70 bits per heavy atom. The normalized spacial score (nSPS) is 16.1. The molecule has 0 aromatic rings. The van der Waals surface area contributed by atoms with Gasteiger partial charge < -0.3 is 0 Å². The fraction of sp³-hybridized carbons (Fsp3) is 0.250. The van der Waals surface area contributed by atoms with Gasteiger partial charge in [-0.3, -0.25) is 9.59 Å². The minimum absolute atomic E-state index is 0.367. The van der Waals surface area contributed by atoms with Crippen LogP contribution >= 0.6 is 0 Å². The van der Waals surface area contributed by atoms with Crippen molar-refractivity contribution in [1.29, 1.82) is 0 Å². The van der Waals surface area contributed by atoms with Gasteiger partial charge in [-0.15, -0.1) is 0 Å². The third-order valence-electron chi connectivity index (χ3n) is 1.57. The maximum absolute atomic E-state index is 10.8. The van der Waals surface area contributed by atoms with Crippen LogP contribution < -0.4 is 0 Å². The van der Waals surface area contributed by atoms with E-state index >= 15 is 0 Å². The first-order valence-corrected chi connectivity index (χ1v) is 3.11. The summed E-state index contributed by atoms with van der Waals surface area (Å²) in [5.41, 5.74) is 1.55. The van der Waals surface area contributed by atoms with Crippen molar-refractivity contribution in [3.05, 3.63) is 23.3 Å². The summed E-state index contributed by atoms with van der Waals surface area (Å²) < 4.78 is 0. The van der Waals surface area contributed by atoms with Gasteiger partial charge >= 0.3 is 0 Å². The van der Waals surface area contributed by atoms with Crippen LogP contribution in [0.5, 0.6) is 0 Å². The Balaban J connectivity index is 2.85. The van der Waals surface area contributed by atoms with Crippen LogP contribution in [0.2, 0.25) is 0 Å². The molecule has 0 bridgehead atoms. The Bertz CT molecular complexity index is 234. The van der Waals surface area contributed by atoms with E-state index in [-0.39, 0.29) is 5.78 Å². The predicted octanol–water partition coefficient (Wildman–Crippen LogP) is 1.03. The molecule has 0 aromatic heterocycles. The number of hydrogen-bond acceptors (Lipinski definition) is 2. The number of hydrogen-bond donors (Lipinski definition) is 0. The van der Waals surface area contributed by atoms with E-state index in [0.717, 1.165) is 5.57 Å². The molecule has 0 fully saturated rings. The largest absolute Gasteiger partial charge is 0.294 e. The van der Waals surface area contributed by atoms with E-state index in [2.05, 4.69) is 0 Å². The van der Waals surface area contributed by atoms with Gasteiger partial charge in [-0.1, -0.05) is 12.2 Å². The maximum Gasteiger partial charge on any atom is 0.221 e. The number of allylic oxidation sites excluding steroid dienone is 4. The van der Waals surface area contributed by atoms with Gasteiger partial charge in [0.2, 0.25) is 5.78 Å². The molecule has 0 amide bonds. The lowest BCUT2D eigenvalue weighted by molar-refractivity contribution is -0.127. The standard InChI is InChI=1S/C8H8O2/c1-6-3-2-4-7(6)8(10)5-9/h2-3,5H,4H2,1H3. The number of Topliss-reactive ketones (excluding diaryl/α,β-unsaturated/α-hetero) is 1. The first-order valence-electron chi connectivity index (χ1n) is 3.11. The van der Waals surface area contributed by atoms with Crippen molar-refractivity contribution in [2.24, 2.45) is 0 Å². The SMILES string of the molecule is CC1=C(C(=O)C=O)CC=C1.